The van der Waals surface area contributed by atoms with Crippen LogP contribution in [0.5, 0.6) is 5.75 Å². The van der Waals surface area contributed by atoms with Gasteiger partial charge in [-0.2, -0.15) is 0 Å². The summed E-state index contributed by atoms with van der Waals surface area (Å²) in [4.78, 5) is 0. The second-order valence-electron chi connectivity index (χ2n) is 6.14. The van der Waals surface area contributed by atoms with E-state index in [-0.39, 0.29) is 0 Å². The van der Waals surface area contributed by atoms with Gasteiger partial charge in [0.05, 0.1) is 0 Å². The molecule has 3 aromatic rings. The topological polar surface area (TPSA) is 39.9 Å². The van der Waals surface area contributed by atoms with Crippen molar-refractivity contribution in [1.82, 2.24) is 14.8 Å². The van der Waals surface area contributed by atoms with Crippen LogP contribution >= 0.6 is 11.8 Å². The molecule has 0 saturated carbocycles. The summed E-state index contributed by atoms with van der Waals surface area (Å²) in [6.07, 6.45) is 1.03. The zero-order valence-electron chi connectivity index (χ0n) is 15.6. The van der Waals surface area contributed by atoms with Gasteiger partial charge >= 0.3 is 0 Å². The molecule has 0 fully saturated rings. The molecule has 1 aromatic heterocycles. The minimum atomic E-state index is 0.428. The van der Waals surface area contributed by atoms with Crippen molar-refractivity contribution in [3.8, 4) is 5.75 Å². The van der Waals surface area contributed by atoms with Gasteiger partial charge in [0.15, 0.2) is 11.0 Å². The third kappa shape index (κ3) is 4.47. The Morgan fingerprint density at radius 2 is 1.77 bits per heavy atom. The van der Waals surface area contributed by atoms with Crippen molar-refractivity contribution in [2.24, 2.45) is 0 Å². The van der Waals surface area contributed by atoms with E-state index in [1.165, 1.54) is 16.7 Å². The molecule has 0 unspecified atom stereocenters. The number of thioether (sulfide) groups is 1. The number of benzene rings is 2. The molecule has 0 radical (unpaired) electrons. The van der Waals surface area contributed by atoms with E-state index in [4.69, 9.17) is 4.74 Å². The van der Waals surface area contributed by atoms with E-state index in [1.807, 2.05) is 12.1 Å². The number of hydrogen-bond acceptors (Lipinski definition) is 4. The molecule has 136 valence electrons. The predicted octanol–water partition coefficient (Wildman–Crippen LogP) is 5.04. The summed E-state index contributed by atoms with van der Waals surface area (Å²) in [5.74, 6) is 2.62. The van der Waals surface area contributed by atoms with Crippen LogP contribution in [0.15, 0.2) is 53.7 Å². The normalized spacial score (nSPS) is 10.9. The van der Waals surface area contributed by atoms with Gasteiger partial charge in [-0.25, -0.2) is 0 Å². The molecule has 4 nitrogen and oxygen atoms in total. The van der Waals surface area contributed by atoms with Crippen molar-refractivity contribution in [2.45, 2.75) is 51.3 Å². The molecule has 0 amide bonds. The molecule has 0 spiro atoms. The maximum Gasteiger partial charge on any atom is 0.191 e. The Kier molecular flexibility index (Phi) is 6.34. The molecule has 0 N–H and O–H groups in total. The van der Waals surface area contributed by atoms with Crippen LogP contribution in [0.1, 0.15) is 36.4 Å². The van der Waals surface area contributed by atoms with E-state index in [0.29, 0.717) is 6.61 Å². The quantitative estimate of drug-likeness (QED) is 0.523. The highest BCUT2D eigenvalue weighted by Crippen LogP contribution is 2.24. The van der Waals surface area contributed by atoms with Crippen LogP contribution < -0.4 is 4.74 Å². The lowest BCUT2D eigenvalue weighted by molar-refractivity contribution is 0.288. The number of aryl methyl sites for hydroxylation is 2. The molecular formula is C21H25N3OS. The molecule has 0 aliphatic carbocycles. The van der Waals surface area contributed by atoms with E-state index in [2.05, 4.69) is 71.9 Å². The number of rotatable bonds is 8. The van der Waals surface area contributed by atoms with Crippen LogP contribution in [0.4, 0.5) is 0 Å². The SMILES string of the molecule is CCc1ccc(OCc2nnc(SCc3ccccc3C)n2CC)cc1. The predicted molar refractivity (Wildman–Crippen MR) is 107 cm³/mol. The van der Waals surface area contributed by atoms with Gasteiger partial charge in [-0.15, -0.1) is 10.2 Å². The van der Waals surface area contributed by atoms with Gasteiger partial charge in [-0.3, -0.25) is 0 Å². The Morgan fingerprint density at radius 1 is 1.00 bits per heavy atom. The zero-order valence-corrected chi connectivity index (χ0v) is 16.4. The highest BCUT2D eigenvalue weighted by atomic mass is 32.2. The van der Waals surface area contributed by atoms with Gasteiger partial charge in [0.25, 0.3) is 0 Å². The summed E-state index contributed by atoms with van der Waals surface area (Å²) >= 11 is 1.72. The van der Waals surface area contributed by atoms with Gasteiger partial charge in [0.1, 0.15) is 12.4 Å². The van der Waals surface area contributed by atoms with Crippen LogP contribution in [0.25, 0.3) is 0 Å². The average molecular weight is 368 g/mol. The van der Waals surface area contributed by atoms with Crippen molar-refractivity contribution < 1.29 is 4.74 Å². The van der Waals surface area contributed by atoms with E-state index < -0.39 is 0 Å². The summed E-state index contributed by atoms with van der Waals surface area (Å²) in [7, 11) is 0. The minimum Gasteiger partial charge on any atom is -0.486 e. The number of ether oxygens (including phenoxy) is 1. The van der Waals surface area contributed by atoms with Gasteiger partial charge < -0.3 is 9.30 Å². The highest BCUT2D eigenvalue weighted by Gasteiger charge is 2.12. The Morgan fingerprint density at radius 3 is 2.46 bits per heavy atom. The molecule has 5 heteroatoms. The summed E-state index contributed by atoms with van der Waals surface area (Å²) in [5, 5.41) is 9.65. The van der Waals surface area contributed by atoms with Gasteiger partial charge in [-0.1, -0.05) is 55.1 Å². The third-order valence-electron chi connectivity index (χ3n) is 4.43. The summed E-state index contributed by atoms with van der Waals surface area (Å²) < 4.78 is 8.03. The first kappa shape index (κ1) is 18.5. The van der Waals surface area contributed by atoms with Gasteiger partial charge in [0, 0.05) is 12.3 Å². The van der Waals surface area contributed by atoms with E-state index in [0.717, 1.165) is 35.4 Å². The first-order chi connectivity index (χ1) is 12.7. The number of aromatic nitrogens is 3. The first-order valence-corrected chi connectivity index (χ1v) is 10.0. The smallest absolute Gasteiger partial charge is 0.191 e. The minimum absolute atomic E-state index is 0.428. The number of nitrogens with zero attached hydrogens (tertiary/aromatic N) is 3. The first-order valence-electron chi connectivity index (χ1n) is 9.02. The fraction of sp³-hybridized carbons (Fsp3) is 0.333. The lowest BCUT2D eigenvalue weighted by atomic mass is 10.1. The largest absolute Gasteiger partial charge is 0.486 e. The monoisotopic (exact) mass is 367 g/mol. The maximum absolute atomic E-state index is 5.90. The summed E-state index contributed by atoms with van der Waals surface area (Å²) in [5.41, 5.74) is 3.95. The summed E-state index contributed by atoms with van der Waals surface area (Å²) in [6.45, 7) is 7.66. The van der Waals surface area contributed by atoms with Gasteiger partial charge in [-0.05, 0) is 49.1 Å². The second kappa shape index (κ2) is 8.90. The molecule has 2 aromatic carbocycles. The Labute approximate surface area is 159 Å². The van der Waals surface area contributed by atoms with Crippen molar-refractivity contribution in [3.63, 3.8) is 0 Å². The van der Waals surface area contributed by atoms with Crippen molar-refractivity contribution in [1.29, 1.82) is 0 Å². The van der Waals surface area contributed by atoms with Crippen LogP contribution in [0.2, 0.25) is 0 Å². The third-order valence-corrected chi connectivity index (χ3v) is 5.44. The van der Waals surface area contributed by atoms with Gasteiger partial charge in [0.2, 0.25) is 0 Å². The van der Waals surface area contributed by atoms with Crippen molar-refractivity contribution in [3.05, 3.63) is 71.0 Å². The fourth-order valence-corrected chi connectivity index (χ4v) is 3.83. The van der Waals surface area contributed by atoms with Crippen molar-refractivity contribution >= 4 is 11.8 Å². The summed E-state index contributed by atoms with van der Waals surface area (Å²) in [6, 6.07) is 16.7. The molecule has 0 bridgehead atoms. The Bertz CT molecular complexity index is 843. The maximum atomic E-state index is 5.90. The molecular weight excluding hydrogens is 342 g/mol. The molecule has 1 heterocycles. The Balaban J connectivity index is 1.64. The van der Waals surface area contributed by atoms with E-state index >= 15 is 0 Å². The van der Waals surface area contributed by atoms with Crippen LogP contribution in [-0.2, 0) is 25.3 Å². The standard InChI is InChI=1S/C21H25N3OS/c1-4-17-10-12-19(13-11-17)25-14-20-22-23-21(24(20)5-2)26-15-18-9-7-6-8-16(18)3/h6-13H,4-5,14-15H2,1-3H3. The highest BCUT2D eigenvalue weighted by molar-refractivity contribution is 7.98. The molecule has 0 atom stereocenters. The zero-order chi connectivity index (χ0) is 18.4. The Hall–Kier alpha value is -2.27. The van der Waals surface area contributed by atoms with Crippen LogP contribution in [0.3, 0.4) is 0 Å². The van der Waals surface area contributed by atoms with Crippen LogP contribution in [0, 0.1) is 6.92 Å². The van der Waals surface area contributed by atoms with E-state index in [1.54, 1.807) is 11.8 Å². The molecule has 26 heavy (non-hydrogen) atoms. The fourth-order valence-electron chi connectivity index (χ4n) is 2.73. The lowest BCUT2D eigenvalue weighted by Gasteiger charge is -2.10. The second-order valence-corrected chi connectivity index (χ2v) is 7.09. The van der Waals surface area contributed by atoms with Crippen molar-refractivity contribution in [2.75, 3.05) is 0 Å². The lowest BCUT2D eigenvalue weighted by Crippen LogP contribution is -2.07. The number of hydrogen-bond donors (Lipinski definition) is 0. The average Bonchev–Trinajstić information content (AvgIpc) is 3.08. The molecule has 0 aliphatic rings. The molecule has 0 aliphatic heterocycles. The molecule has 3 rings (SSSR count). The van der Waals surface area contributed by atoms with Crippen LogP contribution in [-0.4, -0.2) is 14.8 Å². The van der Waals surface area contributed by atoms with E-state index in [9.17, 15) is 0 Å². The molecule has 0 saturated heterocycles.